The lowest BCUT2D eigenvalue weighted by Crippen LogP contribution is -2.34. The second-order valence-electron chi connectivity index (χ2n) is 5.36. The zero-order valence-corrected chi connectivity index (χ0v) is 11.3. The molecule has 0 radical (unpaired) electrons. The molecule has 1 saturated carbocycles. The van der Waals surface area contributed by atoms with E-state index in [0.29, 0.717) is 29.3 Å². The minimum atomic E-state index is -0.981. The first-order valence-electron chi connectivity index (χ1n) is 6.48. The average molecular weight is 285 g/mol. The Balaban J connectivity index is 2.47. The number of nitrogens with one attached hydrogen (secondary N) is 1. The highest BCUT2D eigenvalue weighted by molar-refractivity contribution is 5.94. The van der Waals surface area contributed by atoms with Crippen molar-refractivity contribution in [3.8, 4) is 6.07 Å². The van der Waals surface area contributed by atoms with Gasteiger partial charge in [0, 0.05) is 10.9 Å². The summed E-state index contributed by atoms with van der Waals surface area (Å²) in [6, 6.07) is 4.36. The molecular formula is C15H12FN3O2. The Morgan fingerprint density at radius 2 is 2.14 bits per heavy atom. The number of hydrogen-bond donors (Lipinski definition) is 2. The third-order valence-electron chi connectivity index (χ3n) is 4.19. The number of nitrogens with zero attached hydrogens (tertiary/aromatic N) is 1. The van der Waals surface area contributed by atoms with Gasteiger partial charge in [0.2, 0.25) is 5.91 Å². The maximum absolute atomic E-state index is 13.8. The number of primary amides is 1. The van der Waals surface area contributed by atoms with Crippen molar-refractivity contribution in [2.24, 2.45) is 5.73 Å². The number of hydrogen-bond acceptors (Lipinski definition) is 3. The van der Waals surface area contributed by atoms with Gasteiger partial charge in [0.15, 0.2) is 0 Å². The molecule has 1 aromatic carbocycles. The Hall–Kier alpha value is -2.68. The summed E-state index contributed by atoms with van der Waals surface area (Å²) in [5, 5.41) is 9.49. The number of aromatic nitrogens is 1. The Kier molecular flexibility index (Phi) is 2.63. The van der Waals surface area contributed by atoms with Crippen molar-refractivity contribution in [1.82, 2.24) is 4.98 Å². The van der Waals surface area contributed by atoms with E-state index in [1.165, 1.54) is 6.07 Å². The summed E-state index contributed by atoms with van der Waals surface area (Å²) in [5.41, 5.74) is 4.96. The number of nitriles is 1. The molecule has 1 fully saturated rings. The number of fused-ring (bicyclic) bond motifs is 1. The SMILES string of the molecule is Cc1c(C2(C(N)=O)CC2)c(=O)[nH]c2ccc(F)c(C#N)c12. The molecule has 0 spiro atoms. The maximum Gasteiger partial charge on any atom is 0.252 e. The van der Waals surface area contributed by atoms with E-state index in [2.05, 4.69) is 4.98 Å². The minimum Gasteiger partial charge on any atom is -0.369 e. The molecule has 0 saturated heterocycles. The van der Waals surface area contributed by atoms with Crippen molar-refractivity contribution in [2.45, 2.75) is 25.2 Å². The molecular weight excluding hydrogens is 273 g/mol. The van der Waals surface area contributed by atoms with Crippen LogP contribution in [0, 0.1) is 24.1 Å². The van der Waals surface area contributed by atoms with Crippen LogP contribution in [0.2, 0.25) is 0 Å². The number of nitrogens with two attached hydrogens (primary N) is 1. The average Bonchev–Trinajstić information content (AvgIpc) is 3.21. The topological polar surface area (TPSA) is 99.7 Å². The largest absolute Gasteiger partial charge is 0.369 e. The predicted molar refractivity (Wildman–Crippen MR) is 74.1 cm³/mol. The van der Waals surface area contributed by atoms with Crippen molar-refractivity contribution >= 4 is 16.8 Å². The molecule has 0 unspecified atom stereocenters. The number of halogens is 1. The molecule has 1 aromatic heterocycles. The van der Waals surface area contributed by atoms with Gasteiger partial charge in [0.1, 0.15) is 11.9 Å². The first-order chi connectivity index (χ1) is 9.92. The molecule has 0 bridgehead atoms. The van der Waals surface area contributed by atoms with Crippen LogP contribution < -0.4 is 11.3 Å². The number of carbonyl (C=O) groups is 1. The fourth-order valence-corrected chi connectivity index (χ4v) is 2.98. The Labute approximate surface area is 119 Å². The lowest BCUT2D eigenvalue weighted by Gasteiger charge is -2.16. The van der Waals surface area contributed by atoms with Crippen LogP contribution in [0.4, 0.5) is 4.39 Å². The van der Waals surface area contributed by atoms with Crippen molar-refractivity contribution in [3.05, 3.63) is 45.0 Å². The first kappa shape index (κ1) is 13.3. The fourth-order valence-electron chi connectivity index (χ4n) is 2.98. The Morgan fingerprint density at radius 1 is 1.48 bits per heavy atom. The van der Waals surface area contributed by atoms with Crippen molar-refractivity contribution in [1.29, 1.82) is 5.26 Å². The monoisotopic (exact) mass is 285 g/mol. The van der Waals surface area contributed by atoms with E-state index >= 15 is 0 Å². The highest BCUT2D eigenvalue weighted by Gasteiger charge is 2.52. The molecule has 1 amide bonds. The van der Waals surface area contributed by atoms with Crippen molar-refractivity contribution in [2.75, 3.05) is 0 Å². The molecule has 3 N–H and O–H groups in total. The van der Waals surface area contributed by atoms with Crippen LogP contribution in [-0.2, 0) is 10.2 Å². The molecule has 1 aliphatic carbocycles. The molecule has 21 heavy (non-hydrogen) atoms. The Bertz CT molecular complexity index is 888. The van der Waals surface area contributed by atoms with Crippen LogP contribution in [0.1, 0.15) is 29.5 Å². The summed E-state index contributed by atoms with van der Waals surface area (Å²) in [7, 11) is 0. The van der Waals surface area contributed by atoms with Crippen LogP contribution >= 0.6 is 0 Å². The van der Waals surface area contributed by atoms with Crippen LogP contribution in [0.15, 0.2) is 16.9 Å². The number of amides is 1. The number of carbonyl (C=O) groups excluding carboxylic acids is 1. The number of pyridine rings is 1. The number of aryl methyl sites for hydroxylation is 1. The Morgan fingerprint density at radius 3 is 2.67 bits per heavy atom. The zero-order chi connectivity index (χ0) is 15.4. The van der Waals surface area contributed by atoms with Crippen molar-refractivity contribution in [3.63, 3.8) is 0 Å². The van der Waals surface area contributed by atoms with Crippen LogP contribution in [0.3, 0.4) is 0 Å². The molecule has 0 aliphatic heterocycles. The standard InChI is InChI=1S/C15H12FN3O2/c1-7-11-8(6-17)9(16)2-3-10(11)19-13(20)12(7)15(4-5-15)14(18)21/h2-3H,4-5H2,1H3,(H2,18,21)(H,19,20). The second-order valence-corrected chi connectivity index (χ2v) is 5.36. The first-order valence-corrected chi connectivity index (χ1v) is 6.48. The van der Waals surface area contributed by atoms with Crippen LogP contribution in [0.25, 0.3) is 10.9 Å². The highest BCUT2D eigenvalue weighted by Crippen LogP contribution is 2.48. The van der Waals surface area contributed by atoms with Crippen LogP contribution in [-0.4, -0.2) is 10.9 Å². The zero-order valence-electron chi connectivity index (χ0n) is 11.3. The highest BCUT2D eigenvalue weighted by atomic mass is 19.1. The lowest BCUT2D eigenvalue weighted by molar-refractivity contribution is -0.120. The van der Waals surface area contributed by atoms with Gasteiger partial charge in [-0.05, 0) is 37.5 Å². The molecule has 0 atom stereocenters. The van der Waals surface area contributed by atoms with Crippen LogP contribution in [0.5, 0.6) is 0 Å². The number of H-pyrrole nitrogens is 1. The van der Waals surface area contributed by atoms with Crippen molar-refractivity contribution < 1.29 is 9.18 Å². The van der Waals surface area contributed by atoms with Gasteiger partial charge in [0.25, 0.3) is 5.56 Å². The van der Waals surface area contributed by atoms with Gasteiger partial charge in [-0.2, -0.15) is 5.26 Å². The van der Waals surface area contributed by atoms with E-state index in [-0.39, 0.29) is 11.1 Å². The molecule has 2 aromatic rings. The lowest BCUT2D eigenvalue weighted by atomic mass is 9.89. The number of aromatic amines is 1. The quantitative estimate of drug-likeness (QED) is 0.871. The number of benzene rings is 1. The van der Waals surface area contributed by atoms with Gasteiger partial charge in [-0.3, -0.25) is 9.59 Å². The molecule has 6 heteroatoms. The number of rotatable bonds is 2. The second kappa shape index (κ2) is 4.16. The summed E-state index contributed by atoms with van der Waals surface area (Å²) in [5.74, 6) is -1.22. The predicted octanol–water partition coefficient (Wildman–Crippen LogP) is 1.36. The smallest absolute Gasteiger partial charge is 0.252 e. The van der Waals surface area contributed by atoms with Gasteiger partial charge in [-0.25, -0.2) is 4.39 Å². The van der Waals surface area contributed by atoms with E-state index < -0.39 is 22.7 Å². The van der Waals surface area contributed by atoms with Gasteiger partial charge < -0.3 is 10.7 Å². The van der Waals surface area contributed by atoms with E-state index in [9.17, 15) is 14.0 Å². The van der Waals surface area contributed by atoms with E-state index in [0.717, 1.165) is 6.07 Å². The van der Waals surface area contributed by atoms with Gasteiger partial charge in [-0.15, -0.1) is 0 Å². The molecule has 1 heterocycles. The minimum absolute atomic E-state index is 0.136. The van der Waals surface area contributed by atoms with E-state index in [1.54, 1.807) is 6.92 Å². The van der Waals surface area contributed by atoms with E-state index in [1.807, 2.05) is 6.07 Å². The summed E-state index contributed by atoms with van der Waals surface area (Å²) >= 11 is 0. The third kappa shape index (κ3) is 1.67. The maximum atomic E-state index is 13.8. The summed E-state index contributed by atoms with van der Waals surface area (Å²) in [4.78, 5) is 26.6. The normalized spacial score (nSPS) is 15.7. The summed E-state index contributed by atoms with van der Waals surface area (Å²) in [6.07, 6.45) is 0.990. The summed E-state index contributed by atoms with van der Waals surface area (Å²) in [6.45, 7) is 1.62. The van der Waals surface area contributed by atoms with Gasteiger partial charge >= 0.3 is 0 Å². The molecule has 3 rings (SSSR count). The third-order valence-corrected chi connectivity index (χ3v) is 4.19. The van der Waals surface area contributed by atoms with E-state index in [4.69, 9.17) is 11.0 Å². The molecule has 1 aliphatic rings. The fraction of sp³-hybridized carbons (Fsp3) is 0.267. The van der Waals surface area contributed by atoms with Gasteiger partial charge in [-0.1, -0.05) is 0 Å². The van der Waals surface area contributed by atoms with Gasteiger partial charge in [0.05, 0.1) is 16.5 Å². The molecule has 5 nitrogen and oxygen atoms in total. The summed E-state index contributed by atoms with van der Waals surface area (Å²) < 4.78 is 13.8. The molecule has 106 valence electrons.